The molecule has 0 radical (unpaired) electrons. The van der Waals surface area contributed by atoms with E-state index < -0.39 is 8.32 Å². The number of ether oxygens (including phenoxy) is 1. The predicted molar refractivity (Wildman–Crippen MR) is 107 cm³/mol. The third-order valence-electron chi connectivity index (χ3n) is 6.77. The first-order chi connectivity index (χ1) is 12.5. The van der Waals surface area contributed by atoms with Crippen LogP contribution in [0.5, 0.6) is 0 Å². The van der Waals surface area contributed by atoms with Crippen LogP contribution in [0.4, 0.5) is 0 Å². The molecule has 144 valence electrons. The third-order valence-corrected chi connectivity index (χ3v) is 11.3. The summed E-state index contributed by atoms with van der Waals surface area (Å²) in [5, 5.41) is 0.0793. The van der Waals surface area contributed by atoms with E-state index in [0.29, 0.717) is 28.7 Å². The van der Waals surface area contributed by atoms with Gasteiger partial charge in [-0.15, -0.1) is 0 Å². The van der Waals surface area contributed by atoms with Crippen molar-refractivity contribution in [2.75, 3.05) is 0 Å². The molecule has 4 atom stereocenters. The molecule has 1 fully saturated rings. The summed E-state index contributed by atoms with van der Waals surface area (Å²) in [6.45, 7) is 13.1. The molecule has 0 spiro atoms. The number of ketones is 2. The highest BCUT2D eigenvalue weighted by Crippen LogP contribution is 2.50. The first-order valence-corrected chi connectivity index (χ1v) is 12.7. The van der Waals surface area contributed by atoms with Gasteiger partial charge in [-0.3, -0.25) is 9.59 Å². The SMILES string of the molecule is C[C@@H](O[Si](C)(C)C(C)(C)C)[C@H]1C2=C(C[C@H]3O[C@@H]13)C(=O)c1ccccc1C2=O. The Balaban J connectivity index is 1.73. The maximum atomic E-state index is 13.3. The van der Waals surface area contributed by atoms with E-state index in [-0.39, 0.29) is 40.8 Å². The highest BCUT2D eigenvalue weighted by Gasteiger charge is 2.57. The highest BCUT2D eigenvalue weighted by atomic mass is 28.4. The van der Waals surface area contributed by atoms with E-state index in [1.165, 1.54) is 0 Å². The number of rotatable bonds is 3. The number of epoxide rings is 1. The molecule has 1 aromatic rings. The van der Waals surface area contributed by atoms with E-state index in [1.54, 1.807) is 12.1 Å². The Hall–Kier alpha value is -1.56. The van der Waals surface area contributed by atoms with Crippen LogP contribution >= 0.6 is 0 Å². The minimum atomic E-state index is -2.00. The summed E-state index contributed by atoms with van der Waals surface area (Å²) in [6.07, 6.45) is 0.419. The van der Waals surface area contributed by atoms with Gasteiger partial charge in [-0.05, 0) is 25.1 Å². The number of hydrogen-bond acceptors (Lipinski definition) is 4. The quantitative estimate of drug-likeness (QED) is 0.566. The van der Waals surface area contributed by atoms with Crippen LogP contribution in [0.1, 0.15) is 54.8 Å². The Morgan fingerprint density at radius 2 is 1.70 bits per heavy atom. The third kappa shape index (κ3) is 2.87. The minimum Gasteiger partial charge on any atom is -0.413 e. The molecule has 4 nitrogen and oxygen atoms in total. The van der Waals surface area contributed by atoms with Crippen LogP contribution < -0.4 is 0 Å². The van der Waals surface area contributed by atoms with Crippen molar-refractivity contribution >= 4 is 19.9 Å². The molecule has 0 saturated carbocycles. The molecule has 0 N–H and O–H groups in total. The summed E-state index contributed by atoms with van der Waals surface area (Å²) in [7, 11) is -2.00. The molecule has 27 heavy (non-hydrogen) atoms. The zero-order valence-corrected chi connectivity index (χ0v) is 18.0. The topological polar surface area (TPSA) is 55.9 Å². The van der Waals surface area contributed by atoms with Crippen LogP contribution in [0.2, 0.25) is 18.1 Å². The number of carbonyl (C=O) groups is 2. The zero-order valence-electron chi connectivity index (χ0n) is 17.0. The first-order valence-electron chi connectivity index (χ1n) is 9.77. The van der Waals surface area contributed by atoms with Crippen molar-refractivity contribution in [3.8, 4) is 0 Å². The molecule has 3 aliphatic rings. The zero-order chi connectivity index (χ0) is 19.7. The second-order valence-electron chi connectivity index (χ2n) is 9.55. The lowest BCUT2D eigenvalue weighted by atomic mass is 9.71. The average Bonchev–Trinajstić information content (AvgIpc) is 3.35. The molecule has 0 amide bonds. The fraction of sp³-hybridized carbons (Fsp3) is 0.545. The lowest BCUT2D eigenvalue weighted by Crippen LogP contribution is -2.47. The van der Waals surface area contributed by atoms with Gasteiger partial charge in [0.1, 0.15) is 0 Å². The van der Waals surface area contributed by atoms with E-state index >= 15 is 0 Å². The van der Waals surface area contributed by atoms with Gasteiger partial charge in [-0.25, -0.2) is 0 Å². The molecule has 5 heteroatoms. The van der Waals surface area contributed by atoms with E-state index in [1.807, 2.05) is 19.1 Å². The van der Waals surface area contributed by atoms with Gasteiger partial charge in [-0.1, -0.05) is 45.0 Å². The standard InChI is InChI=1S/C22H28O4Si/c1-12(26-27(5,6)22(2,3)4)17-18-15(11-16-21(17)25-16)19(23)13-9-7-8-10-14(13)20(18)24/h7-10,12,16-17,21H,11H2,1-6H3/t12-,16-,17+,21-/m1/s1. The van der Waals surface area contributed by atoms with Gasteiger partial charge < -0.3 is 9.16 Å². The normalized spacial score (nSPS) is 28.4. The Labute approximate surface area is 162 Å². The van der Waals surface area contributed by atoms with Crippen LogP contribution in [0.15, 0.2) is 35.4 Å². The van der Waals surface area contributed by atoms with Gasteiger partial charge in [0, 0.05) is 34.6 Å². The maximum absolute atomic E-state index is 13.3. The molecular formula is C22H28O4Si. The Bertz CT molecular complexity index is 861. The predicted octanol–water partition coefficient (Wildman–Crippen LogP) is 4.56. The van der Waals surface area contributed by atoms with Crippen molar-refractivity contribution in [2.45, 2.75) is 70.6 Å². The van der Waals surface area contributed by atoms with E-state index in [9.17, 15) is 9.59 Å². The summed E-state index contributed by atoms with van der Waals surface area (Å²) in [5.74, 6) is -0.207. The van der Waals surface area contributed by atoms with Crippen molar-refractivity contribution in [1.29, 1.82) is 0 Å². The molecule has 1 saturated heterocycles. The molecular weight excluding hydrogens is 356 g/mol. The van der Waals surface area contributed by atoms with Gasteiger partial charge in [0.15, 0.2) is 19.9 Å². The van der Waals surface area contributed by atoms with Crippen LogP contribution in [0.3, 0.4) is 0 Å². The summed E-state index contributed by atoms with van der Waals surface area (Å²) in [5.41, 5.74) is 2.33. The van der Waals surface area contributed by atoms with Gasteiger partial charge in [0.25, 0.3) is 0 Å². The Morgan fingerprint density at radius 3 is 2.30 bits per heavy atom. The fourth-order valence-electron chi connectivity index (χ4n) is 4.22. The van der Waals surface area contributed by atoms with E-state index in [0.717, 1.165) is 0 Å². The second-order valence-corrected chi connectivity index (χ2v) is 14.3. The van der Waals surface area contributed by atoms with Gasteiger partial charge in [-0.2, -0.15) is 0 Å². The average molecular weight is 385 g/mol. The molecule has 0 aromatic heterocycles. The molecule has 0 bridgehead atoms. The molecule has 1 heterocycles. The lowest BCUT2D eigenvalue weighted by Gasteiger charge is -2.41. The number of Topliss-reactive ketones (excluding diaryl/α,β-unsaturated/α-hetero) is 2. The molecule has 2 aliphatic carbocycles. The van der Waals surface area contributed by atoms with Crippen LogP contribution in [-0.2, 0) is 9.16 Å². The molecule has 1 aliphatic heterocycles. The number of hydrogen-bond donors (Lipinski definition) is 0. The van der Waals surface area contributed by atoms with Gasteiger partial charge in [0.2, 0.25) is 0 Å². The number of benzene rings is 1. The maximum Gasteiger partial charge on any atom is 0.192 e. The van der Waals surface area contributed by atoms with Gasteiger partial charge >= 0.3 is 0 Å². The molecule has 4 rings (SSSR count). The Morgan fingerprint density at radius 1 is 1.11 bits per heavy atom. The highest BCUT2D eigenvalue weighted by molar-refractivity contribution is 6.74. The van der Waals surface area contributed by atoms with E-state index in [2.05, 4.69) is 33.9 Å². The summed E-state index contributed by atoms with van der Waals surface area (Å²) < 4.78 is 12.5. The van der Waals surface area contributed by atoms with Gasteiger partial charge in [0.05, 0.1) is 18.3 Å². The van der Waals surface area contributed by atoms with Crippen molar-refractivity contribution in [3.63, 3.8) is 0 Å². The monoisotopic (exact) mass is 384 g/mol. The molecule has 1 aromatic carbocycles. The summed E-state index contributed by atoms with van der Waals surface area (Å²) in [6, 6.07) is 7.15. The van der Waals surface area contributed by atoms with Crippen LogP contribution in [0, 0.1) is 5.92 Å². The fourth-order valence-corrected chi connectivity index (χ4v) is 5.65. The molecule has 0 unspecified atom stereocenters. The number of fused-ring (bicyclic) bond motifs is 2. The van der Waals surface area contributed by atoms with E-state index in [4.69, 9.17) is 9.16 Å². The first kappa shape index (κ1) is 18.8. The van der Waals surface area contributed by atoms with Crippen molar-refractivity contribution in [3.05, 3.63) is 46.5 Å². The largest absolute Gasteiger partial charge is 0.413 e. The van der Waals surface area contributed by atoms with Crippen molar-refractivity contribution in [1.82, 2.24) is 0 Å². The summed E-state index contributed by atoms with van der Waals surface area (Å²) >= 11 is 0. The van der Waals surface area contributed by atoms with Crippen LogP contribution in [0.25, 0.3) is 0 Å². The smallest absolute Gasteiger partial charge is 0.192 e. The van der Waals surface area contributed by atoms with Crippen molar-refractivity contribution < 1.29 is 18.8 Å². The van der Waals surface area contributed by atoms with Crippen LogP contribution in [-0.4, -0.2) is 38.2 Å². The van der Waals surface area contributed by atoms with Crippen molar-refractivity contribution in [2.24, 2.45) is 5.92 Å². The second kappa shape index (κ2) is 5.97. The minimum absolute atomic E-state index is 0.00877. The summed E-state index contributed by atoms with van der Waals surface area (Å²) in [4.78, 5) is 26.4. The number of carbonyl (C=O) groups excluding carboxylic acids is 2. The lowest BCUT2D eigenvalue weighted by molar-refractivity contribution is 0.0903. The Kier molecular flexibility index (Phi) is 4.15.